The number of aryl methyl sites for hydroxylation is 1. The molecule has 2 N–H and O–H groups in total. The van der Waals surface area contributed by atoms with Gasteiger partial charge in [0.1, 0.15) is 11.6 Å². The fourth-order valence-electron chi connectivity index (χ4n) is 3.89. The van der Waals surface area contributed by atoms with E-state index >= 15 is 0 Å². The minimum atomic E-state index is -0.248. The molecular formula is C24H30FN7. The summed E-state index contributed by atoms with van der Waals surface area (Å²) in [5, 5.41) is 11.5. The van der Waals surface area contributed by atoms with Gasteiger partial charge in [-0.25, -0.2) is 14.1 Å². The average molecular weight is 436 g/mol. The van der Waals surface area contributed by atoms with Gasteiger partial charge >= 0.3 is 0 Å². The molecule has 1 aliphatic heterocycles. The summed E-state index contributed by atoms with van der Waals surface area (Å²) in [5.74, 6) is 1.63. The van der Waals surface area contributed by atoms with Crippen molar-refractivity contribution in [3.05, 3.63) is 71.9 Å². The molecule has 0 unspecified atom stereocenters. The Labute approximate surface area is 188 Å². The Kier molecular flexibility index (Phi) is 6.99. The number of anilines is 1. The molecule has 4 rings (SSSR count). The molecule has 8 heteroatoms. The van der Waals surface area contributed by atoms with Gasteiger partial charge in [-0.1, -0.05) is 6.07 Å². The molecule has 1 aromatic carbocycles. The highest BCUT2D eigenvalue weighted by Gasteiger charge is 2.21. The zero-order chi connectivity index (χ0) is 22.3. The summed E-state index contributed by atoms with van der Waals surface area (Å²) in [6, 6.07) is 14.9. The second kappa shape index (κ2) is 10.3. The Morgan fingerprint density at radius 3 is 2.62 bits per heavy atom. The number of guanidine groups is 1. The number of halogens is 1. The first-order chi connectivity index (χ1) is 15.6. The molecule has 7 nitrogen and oxygen atoms in total. The van der Waals surface area contributed by atoms with E-state index in [2.05, 4.69) is 42.7 Å². The largest absolute Gasteiger partial charge is 0.356 e. The maximum atomic E-state index is 13.1. The van der Waals surface area contributed by atoms with Crippen molar-refractivity contribution in [2.75, 3.05) is 31.6 Å². The third kappa shape index (κ3) is 5.63. The van der Waals surface area contributed by atoms with Gasteiger partial charge in [-0.15, -0.1) is 0 Å². The van der Waals surface area contributed by atoms with E-state index < -0.39 is 0 Å². The van der Waals surface area contributed by atoms with Crippen LogP contribution >= 0.6 is 0 Å². The van der Waals surface area contributed by atoms with Crippen molar-refractivity contribution >= 4 is 11.8 Å². The monoisotopic (exact) mass is 435 g/mol. The topological polar surface area (TPSA) is 70.4 Å². The smallest absolute Gasteiger partial charge is 0.191 e. The molecule has 0 amide bonds. The molecule has 0 atom stereocenters. The van der Waals surface area contributed by atoms with Crippen LogP contribution in [0.2, 0.25) is 0 Å². The summed E-state index contributed by atoms with van der Waals surface area (Å²) < 4.78 is 14.9. The predicted molar refractivity (Wildman–Crippen MR) is 126 cm³/mol. The molecule has 0 saturated carbocycles. The van der Waals surface area contributed by atoms with Crippen molar-refractivity contribution in [3.63, 3.8) is 0 Å². The van der Waals surface area contributed by atoms with E-state index in [1.165, 1.54) is 12.1 Å². The van der Waals surface area contributed by atoms with Crippen LogP contribution < -0.4 is 15.5 Å². The van der Waals surface area contributed by atoms with Crippen molar-refractivity contribution in [1.29, 1.82) is 0 Å². The lowest BCUT2D eigenvalue weighted by atomic mass is 10.1. The molecule has 0 spiro atoms. The lowest BCUT2D eigenvalue weighted by Crippen LogP contribution is -2.49. The van der Waals surface area contributed by atoms with Crippen LogP contribution in [0.25, 0.3) is 5.69 Å². The SMILES string of the molecule is CN=C(NCCc1ccn(-c2ccc(F)cc2)n1)NC1CCN(c2cccc(C)n2)CC1. The molecule has 0 radical (unpaired) electrons. The van der Waals surface area contributed by atoms with Crippen LogP contribution in [0, 0.1) is 12.7 Å². The molecule has 32 heavy (non-hydrogen) atoms. The molecular weight excluding hydrogens is 405 g/mol. The van der Waals surface area contributed by atoms with E-state index in [4.69, 9.17) is 0 Å². The van der Waals surface area contributed by atoms with Crippen LogP contribution in [0.1, 0.15) is 24.2 Å². The fraction of sp³-hybridized carbons (Fsp3) is 0.375. The van der Waals surface area contributed by atoms with Gasteiger partial charge in [-0.2, -0.15) is 5.10 Å². The number of hydrogen-bond acceptors (Lipinski definition) is 4. The van der Waals surface area contributed by atoms with Gasteiger partial charge in [0.15, 0.2) is 5.96 Å². The number of rotatable bonds is 6. The van der Waals surface area contributed by atoms with E-state index in [1.54, 1.807) is 23.9 Å². The summed E-state index contributed by atoms with van der Waals surface area (Å²) in [7, 11) is 1.80. The maximum absolute atomic E-state index is 13.1. The fourth-order valence-corrected chi connectivity index (χ4v) is 3.89. The quantitative estimate of drug-likeness (QED) is 0.460. The molecule has 1 saturated heterocycles. The Morgan fingerprint density at radius 1 is 1.12 bits per heavy atom. The van der Waals surface area contributed by atoms with E-state index in [0.717, 1.165) is 67.7 Å². The number of nitrogens with zero attached hydrogens (tertiary/aromatic N) is 5. The summed E-state index contributed by atoms with van der Waals surface area (Å²) in [6.07, 6.45) is 4.75. The molecule has 3 heterocycles. The first-order valence-corrected chi connectivity index (χ1v) is 11.1. The Bertz CT molecular complexity index is 1040. The summed E-state index contributed by atoms with van der Waals surface area (Å²) in [4.78, 5) is 11.4. The van der Waals surface area contributed by atoms with E-state index in [0.29, 0.717) is 6.04 Å². The number of piperidine rings is 1. The van der Waals surface area contributed by atoms with Crippen molar-refractivity contribution in [2.24, 2.45) is 4.99 Å². The maximum Gasteiger partial charge on any atom is 0.191 e. The Hall–Kier alpha value is -3.42. The van der Waals surface area contributed by atoms with Crippen molar-refractivity contribution in [2.45, 2.75) is 32.2 Å². The van der Waals surface area contributed by atoms with Gasteiger partial charge in [0.05, 0.1) is 11.4 Å². The highest BCUT2D eigenvalue weighted by atomic mass is 19.1. The molecule has 3 aromatic rings. The van der Waals surface area contributed by atoms with Gasteiger partial charge in [0.2, 0.25) is 0 Å². The highest BCUT2D eigenvalue weighted by molar-refractivity contribution is 5.80. The molecule has 1 aliphatic rings. The van der Waals surface area contributed by atoms with E-state index in [9.17, 15) is 4.39 Å². The summed E-state index contributed by atoms with van der Waals surface area (Å²) >= 11 is 0. The number of pyridine rings is 1. The van der Waals surface area contributed by atoms with E-state index in [-0.39, 0.29) is 5.82 Å². The molecule has 1 fully saturated rings. The lowest BCUT2D eigenvalue weighted by Gasteiger charge is -2.34. The highest BCUT2D eigenvalue weighted by Crippen LogP contribution is 2.18. The zero-order valence-electron chi connectivity index (χ0n) is 18.6. The second-order valence-electron chi connectivity index (χ2n) is 8.02. The molecule has 2 aromatic heterocycles. The van der Waals surface area contributed by atoms with Gasteiger partial charge in [-0.05, 0) is 62.2 Å². The third-order valence-corrected chi connectivity index (χ3v) is 5.67. The van der Waals surface area contributed by atoms with Gasteiger partial charge in [0.25, 0.3) is 0 Å². The average Bonchev–Trinajstić information content (AvgIpc) is 3.28. The van der Waals surface area contributed by atoms with Crippen LogP contribution in [0.5, 0.6) is 0 Å². The number of aliphatic imine (C=N–C) groups is 1. The Morgan fingerprint density at radius 2 is 1.91 bits per heavy atom. The van der Waals surface area contributed by atoms with Gasteiger partial charge in [-0.3, -0.25) is 4.99 Å². The normalized spacial score (nSPS) is 15.1. The molecule has 168 valence electrons. The molecule has 0 bridgehead atoms. The summed E-state index contributed by atoms with van der Waals surface area (Å²) in [5.41, 5.74) is 2.86. The van der Waals surface area contributed by atoms with E-state index in [1.807, 2.05) is 25.3 Å². The first kappa shape index (κ1) is 21.8. The van der Waals surface area contributed by atoms with Crippen molar-refractivity contribution in [3.8, 4) is 5.69 Å². The predicted octanol–water partition coefficient (Wildman–Crippen LogP) is 3.09. The van der Waals surface area contributed by atoms with Crippen molar-refractivity contribution in [1.82, 2.24) is 25.4 Å². The standard InChI is InChI=1S/C24H30FN7/c1-18-4-3-5-23(28-18)31-15-11-20(12-16-31)29-24(26-2)27-14-10-21-13-17-32(30-21)22-8-6-19(25)7-9-22/h3-9,13,17,20H,10-12,14-16H2,1-2H3,(H2,26,27,29). The van der Waals surface area contributed by atoms with Gasteiger partial charge in [0, 0.05) is 51.0 Å². The first-order valence-electron chi connectivity index (χ1n) is 11.1. The Balaban J connectivity index is 1.22. The van der Waals surface area contributed by atoms with Crippen LogP contribution in [-0.2, 0) is 6.42 Å². The summed E-state index contributed by atoms with van der Waals surface area (Å²) in [6.45, 7) is 4.71. The van der Waals surface area contributed by atoms with Crippen LogP contribution in [-0.4, -0.2) is 53.4 Å². The lowest BCUT2D eigenvalue weighted by molar-refractivity contribution is 0.459. The number of aromatic nitrogens is 3. The molecule has 0 aliphatic carbocycles. The number of nitrogens with one attached hydrogen (secondary N) is 2. The van der Waals surface area contributed by atoms with Crippen LogP contribution in [0.15, 0.2) is 59.7 Å². The minimum Gasteiger partial charge on any atom is -0.356 e. The number of hydrogen-bond donors (Lipinski definition) is 2. The zero-order valence-corrected chi connectivity index (χ0v) is 18.6. The second-order valence-corrected chi connectivity index (χ2v) is 8.02. The number of benzene rings is 1. The van der Waals surface area contributed by atoms with Crippen molar-refractivity contribution < 1.29 is 4.39 Å². The van der Waals surface area contributed by atoms with Crippen LogP contribution in [0.3, 0.4) is 0 Å². The van der Waals surface area contributed by atoms with Crippen LogP contribution in [0.4, 0.5) is 10.2 Å². The minimum absolute atomic E-state index is 0.248. The van der Waals surface area contributed by atoms with Gasteiger partial charge < -0.3 is 15.5 Å². The third-order valence-electron chi connectivity index (χ3n) is 5.67.